The average molecular weight is 237 g/mol. The Morgan fingerprint density at radius 2 is 2.41 bits per heavy atom. The first-order valence-corrected chi connectivity index (χ1v) is 6.19. The summed E-state index contributed by atoms with van der Waals surface area (Å²) in [6.07, 6.45) is 5.18. The predicted molar refractivity (Wildman–Crippen MR) is 65.3 cm³/mol. The standard InChI is InChI=1S/C12H19N3O2/c1-2-13-11-7-12(15-9-14-11)17-8-10-5-3-4-6-16-10/h7,9-10H,2-6,8H2,1H3,(H,13,14,15). The maximum absolute atomic E-state index is 5.62. The smallest absolute Gasteiger partial charge is 0.218 e. The van der Waals surface area contributed by atoms with Crippen molar-refractivity contribution in [1.82, 2.24) is 9.97 Å². The van der Waals surface area contributed by atoms with Gasteiger partial charge in [0.25, 0.3) is 0 Å². The molecule has 0 bridgehead atoms. The van der Waals surface area contributed by atoms with Gasteiger partial charge in [-0.25, -0.2) is 9.97 Å². The van der Waals surface area contributed by atoms with Crippen LogP contribution in [0.25, 0.3) is 0 Å². The normalized spacial score (nSPS) is 19.9. The molecule has 0 radical (unpaired) electrons. The molecule has 0 saturated carbocycles. The quantitative estimate of drug-likeness (QED) is 0.847. The van der Waals surface area contributed by atoms with Crippen molar-refractivity contribution in [1.29, 1.82) is 0 Å². The van der Waals surface area contributed by atoms with Gasteiger partial charge in [0.2, 0.25) is 5.88 Å². The highest BCUT2D eigenvalue weighted by Gasteiger charge is 2.14. The van der Waals surface area contributed by atoms with Gasteiger partial charge in [0.05, 0.1) is 6.10 Å². The van der Waals surface area contributed by atoms with E-state index in [0.29, 0.717) is 12.5 Å². The minimum Gasteiger partial charge on any atom is -0.475 e. The Bertz CT molecular complexity index is 340. The third-order valence-electron chi connectivity index (χ3n) is 2.69. The lowest BCUT2D eigenvalue weighted by atomic mass is 10.1. The maximum atomic E-state index is 5.62. The van der Waals surface area contributed by atoms with Crippen LogP contribution in [0.4, 0.5) is 5.82 Å². The molecule has 1 atom stereocenters. The fourth-order valence-electron chi connectivity index (χ4n) is 1.81. The van der Waals surface area contributed by atoms with Gasteiger partial charge < -0.3 is 14.8 Å². The molecule has 1 aromatic rings. The first-order valence-electron chi connectivity index (χ1n) is 6.19. The third kappa shape index (κ3) is 3.85. The summed E-state index contributed by atoms with van der Waals surface area (Å²) in [7, 11) is 0. The van der Waals surface area contributed by atoms with Crippen molar-refractivity contribution in [3.05, 3.63) is 12.4 Å². The molecule has 1 unspecified atom stereocenters. The topological polar surface area (TPSA) is 56.3 Å². The lowest BCUT2D eigenvalue weighted by Gasteiger charge is -2.22. The molecule has 1 fully saturated rings. The van der Waals surface area contributed by atoms with E-state index in [1.807, 2.05) is 13.0 Å². The van der Waals surface area contributed by atoms with Crippen molar-refractivity contribution >= 4 is 5.82 Å². The number of nitrogens with one attached hydrogen (secondary N) is 1. The molecule has 1 aromatic heterocycles. The molecule has 1 saturated heterocycles. The zero-order valence-electron chi connectivity index (χ0n) is 10.2. The minimum absolute atomic E-state index is 0.210. The lowest BCUT2D eigenvalue weighted by Crippen LogP contribution is -2.26. The number of nitrogens with zero attached hydrogens (tertiary/aromatic N) is 2. The van der Waals surface area contributed by atoms with Gasteiger partial charge in [-0.2, -0.15) is 0 Å². The molecule has 0 spiro atoms. The fourth-order valence-corrected chi connectivity index (χ4v) is 1.81. The first-order chi connectivity index (χ1) is 8.38. The number of aromatic nitrogens is 2. The van der Waals surface area contributed by atoms with Gasteiger partial charge in [-0.05, 0) is 26.2 Å². The summed E-state index contributed by atoms with van der Waals surface area (Å²) in [6, 6.07) is 1.81. The van der Waals surface area contributed by atoms with Crippen LogP contribution < -0.4 is 10.1 Å². The van der Waals surface area contributed by atoms with E-state index in [9.17, 15) is 0 Å². The molecule has 17 heavy (non-hydrogen) atoms. The van der Waals surface area contributed by atoms with Crippen molar-refractivity contribution in [2.24, 2.45) is 0 Å². The third-order valence-corrected chi connectivity index (χ3v) is 2.69. The molecular formula is C12H19N3O2. The molecule has 2 rings (SSSR count). The van der Waals surface area contributed by atoms with Gasteiger partial charge in [-0.1, -0.05) is 0 Å². The van der Waals surface area contributed by atoms with E-state index < -0.39 is 0 Å². The van der Waals surface area contributed by atoms with Crippen LogP contribution in [0.3, 0.4) is 0 Å². The predicted octanol–water partition coefficient (Wildman–Crippen LogP) is 1.86. The SMILES string of the molecule is CCNc1cc(OCC2CCCCO2)ncn1. The van der Waals surface area contributed by atoms with Crippen molar-refractivity contribution in [2.75, 3.05) is 25.1 Å². The monoisotopic (exact) mass is 237 g/mol. The Morgan fingerprint density at radius 3 is 3.18 bits per heavy atom. The van der Waals surface area contributed by atoms with E-state index in [1.165, 1.54) is 12.7 Å². The Hall–Kier alpha value is -1.36. The second kappa shape index (κ2) is 6.39. The van der Waals surface area contributed by atoms with Crippen molar-refractivity contribution < 1.29 is 9.47 Å². The molecule has 94 valence electrons. The second-order valence-electron chi connectivity index (χ2n) is 4.07. The summed E-state index contributed by atoms with van der Waals surface area (Å²) < 4.78 is 11.2. The van der Waals surface area contributed by atoms with Crippen molar-refractivity contribution in [3.63, 3.8) is 0 Å². The van der Waals surface area contributed by atoms with Crippen LogP contribution >= 0.6 is 0 Å². The highest BCUT2D eigenvalue weighted by Crippen LogP contribution is 2.15. The molecule has 1 N–H and O–H groups in total. The molecule has 0 aromatic carbocycles. The number of ether oxygens (including phenoxy) is 2. The average Bonchev–Trinajstić information content (AvgIpc) is 2.39. The van der Waals surface area contributed by atoms with Gasteiger partial charge in [0, 0.05) is 19.2 Å². The number of rotatable bonds is 5. The maximum Gasteiger partial charge on any atom is 0.218 e. The van der Waals surface area contributed by atoms with E-state index >= 15 is 0 Å². The summed E-state index contributed by atoms with van der Waals surface area (Å²) >= 11 is 0. The Balaban J connectivity index is 1.83. The van der Waals surface area contributed by atoms with Crippen LogP contribution in [0.1, 0.15) is 26.2 Å². The summed E-state index contributed by atoms with van der Waals surface area (Å²) in [4.78, 5) is 8.17. The van der Waals surface area contributed by atoms with Crippen molar-refractivity contribution in [3.8, 4) is 5.88 Å². The van der Waals surface area contributed by atoms with Gasteiger partial charge >= 0.3 is 0 Å². The van der Waals surface area contributed by atoms with E-state index in [2.05, 4.69) is 15.3 Å². The molecule has 0 amide bonds. The van der Waals surface area contributed by atoms with Crippen molar-refractivity contribution in [2.45, 2.75) is 32.3 Å². The van der Waals surface area contributed by atoms with Crippen LogP contribution in [-0.2, 0) is 4.74 Å². The first kappa shape index (κ1) is 12.1. The van der Waals surface area contributed by atoms with Gasteiger partial charge in [0.15, 0.2) is 0 Å². The molecule has 5 nitrogen and oxygen atoms in total. The Labute approximate surface area is 102 Å². The number of anilines is 1. The lowest BCUT2D eigenvalue weighted by molar-refractivity contribution is -0.0119. The Kier molecular flexibility index (Phi) is 4.55. The van der Waals surface area contributed by atoms with E-state index in [1.54, 1.807) is 0 Å². The summed E-state index contributed by atoms with van der Waals surface area (Å²) in [5, 5.41) is 3.12. The van der Waals surface area contributed by atoms with Crippen LogP contribution in [0.15, 0.2) is 12.4 Å². The molecule has 1 aliphatic heterocycles. The zero-order chi connectivity index (χ0) is 11.9. The fraction of sp³-hybridized carbons (Fsp3) is 0.667. The van der Waals surface area contributed by atoms with E-state index in [-0.39, 0.29) is 6.10 Å². The van der Waals surface area contributed by atoms with Crippen LogP contribution in [0.2, 0.25) is 0 Å². The molecule has 5 heteroatoms. The van der Waals surface area contributed by atoms with Crippen LogP contribution in [0, 0.1) is 0 Å². The second-order valence-corrected chi connectivity index (χ2v) is 4.07. The van der Waals surface area contributed by atoms with E-state index in [0.717, 1.165) is 31.8 Å². The summed E-state index contributed by atoms with van der Waals surface area (Å²) in [6.45, 7) is 4.28. The zero-order valence-corrected chi connectivity index (χ0v) is 10.2. The van der Waals surface area contributed by atoms with Crippen LogP contribution in [-0.4, -0.2) is 35.8 Å². The van der Waals surface area contributed by atoms with Gasteiger partial charge in [0.1, 0.15) is 18.8 Å². The number of hydrogen-bond donors (Lipinski definition) is 1. The van der Waals surface area contributed by atoms with E-state index in [4.69, 9.17) is 9.47 Å². The molecular weight excluding hydrogens is 218 g/mol. The highest BCUT2D eigenvalue weighted by molar-refractivity contribution is 5.36. The molecule has 0 aliphatic carbocycles. The summed E-state index contributed by atoms with van der Waals surface area (Å²) in [5.41, 5.74) is 0. The molecule has 2 heterocycles. The van der Waals surface area contributed by atoms with Crippen LogP contribution in [0.5, 0.6) is 5.88 Å². The molecule has 1 aliphatic rings. The van der Waals surface area contributed by atoms with Gasteiger partial charge in [-0.15, -0.1) is 0 Å². The number of hydrogen-bond acceptors (Lipinski definition) is 5. The highest BCUT2D eigenvalue weighted by atomic mass is 16.5. The minimum atomic E-state index is 0.210. The Morgan fingerprint density at radius 1 is 1.47 bits per heavy atom. The summed E-state index contributed by atoms with van der Waals surface area (Å²) in [5.74, 6) is 1.40. The largest absolute Gasteiger partial charge is 0.475 e. The van der Waals surface area contributed by atoms with Gasteiger partial charge in [-0.3, -0.25) is 0 Å².